The minimum absolute atomic E-state index is 0.00909. The largest absolute Gasteiger partial charge is 0.490 e. The zero-order valence-corrected chi connectivity index (χ0v) is 20.0. The summed E-state index contributed by atoms with van der Waals surface area (Å²) in [6, 6.07) is 14.6. The van der Waals surface area contributed by atoms with E-state index in [1.165, 1.54) is 4.31 Å². The molecule has 1 amide bonds. The van der Waals surface area contributed by atoms with Crippen LogP contribution >= 0.6 is 0 Å². The zero-order chi connectivity index (χ0) is 23.4. The number of nitrogens with one attached hydrogen (secondary N) is 1. The first kappa shape index (κ1) is 23.6. The Morgan fingerprint density at radius 2 is 1.67 bits per heavy atom. The fraction of sp³-hybridized carbons (Fsp3) is 0.480. The number of ether oxygens (including phenoxy) is 2. The topological polar surface area (TPSA) is 84.9 Å². The number of piperidine rings is 1. The molecule has 1 N–H and O–H groups in total. The highest BCUT2D eigenvalue weighted by molar-refractivity contribution is 7.89. The first-order valence-electron chi connectivity index (χ1n) is 11.6. The minimum Gasteiger partial charge on any atom is -0.490 e. The van der Waals surface area contributed by atoms with Crippen LogP contribution in [0, 0.1) is 11.8 Å². The third kappa shape index (κ3) is 5.33. The van der Waals surface area contributed by atoms with Crippen LogP contribution < -0.4 is 14.8 Å². The Hall–Kier alpha value is -2.58. The first-order valence-corrected chi connectivity index (χ1v) is 13.1. The van der Waals surface area contributed by atoms with Gasteiger partial charge in [0, 0.05) is 31.5 Å². The third-order valence-electron chi connectivity index (χ3n) is 6.30. The third-order valence-corrected chi connectivity index (χ3v) is 8.20. The number of sulfonamides is 1. The van der Waals surface area contributed by atoms with Crippen molar-refractivity contribution >= 4 is 15.9 Å². The number of rotatable bonds is 6. The van der Waals surface area contributed by atoms with Crippen molar-refractivity contribution in [2.45, 2.75) is 44.0 Å². The normalized spacial score (nSPS) is 18.5. The Kier molecular flexibility index (Phi) is 7.24. The summed E-state index contributed by atoms with van der Waals surface area (Å²) in [6.07, 6.45) is 1.75. The first-order chi connectivity index (χ1) is 15.9. The molecule has 1 saturated heterocycles. The Morgan fingerprint density at radius 1 is 1.00 bits per heavy atom. The molecule has 0 aliphatic carbocycles. The second kappa shape index (κ2) is 10.1. The molecule has 0 bridgehead atoms. The molecule has 1 fully saturated rings. The molecule has 178 valence electrons. The van der Waals surface area contributed by atoms with E-state index in [9.17, 15) is 13.2 Å². The number of nitrogens with zero attached hydrogens (tertiary/aromatic N) is 1. The van der Waals surface area contributed by atoms with Gasteiger partial charge in [0.05, 0.1) is 24.2 Å². The number of benzene rings is 2. The fourth-order valence-corrected chi connectivity index (χ4v) is 5.86. The fourth-order valence-electron chi connectivity index (χ4n) is 4.38. The lowest BCUT2D eigenvalue weighted by molar-refractivity contribution is -0.127. The quantitative estimate of drug-likeness (QED) is 0.692. The van der Waals surface area contributed by atoms with Crippen LogP contribution in [0.4, 0.5) is 0 Å². The molecule has 0 saturated carbocycles. The Labute approximate surface area is 196 Å². The van der Waals surface area contributed by atoms with E-state index in [4.69, 9.17) is 9.47 Å². The number of hydrogen-bond acceptors (Lipinski definition) is 5. The zero-order valence-electron chi connectivity index (χ0n) is 19.2. The summed E-state index contributed by atoms with van der Waals surface area (Å²) in [5.41, 5.74) is 1.08. The van der Waals surface area contributed by atoms with Gasteiger partial charge in [-0.2, -0.15) is 4.31 Å². The van der Waals surface area contributed by atoms with Crippen LogP contribution in [0.2, 0.25) is 0 Å². The maximum Gasteiger partial charge on any atom is 0.243 e. The number of carbonyl (C=O) groups is 1. The van der Waals surface area contributed by atoms with Crippen LogP contribution in [0.5, 0.6) is 11.5 Å². The van der Waals surface area contributed by atoms with E-state index >= 15 is 0 Å². The van der Waals surface area contributed by atoms with Crippen LogP contribution in [0.15, 0.2) is 53.4 Å². The average molecular weight is 473 g/mol. The van der Waals surface area contributed by atoms with E-state index in [1.54, 1.807) is 18.2 Å². The predicted octanol–water partition coefficient (Wildman–Crippen LogP) is 3.76. The van der Waals surface area contributed by atoms with Crippen molar-refractivity contribution in [2.24, 2.45) is 11.8 Å². The molecule has 8 heteroatoms. The predicted molar refractivity (Wildman–Crippen MR) is 126 cm³/mol. The highest BCUT2D eigenvalue weighted by Gasteiger charge is 2.33. The van der Waals surface area contributed by atoms with Gasteiger partial charge in [-0.05, 0) is 36.5 Å². The highest BCUT2D eigenvalue weighted by atomic mass is 32.2. The summed E-state index contributed by atoms with van der Waals surface area (Å²) in [5, 5.41) is 3.19. The number of carbonyl (C=O) groups excluding carboxylic acids is 1. The van der Waals surface area contributed by atoms with Crippen molar-refractivity contribution in [1.82, 2.24) is 9.62 Å². The van der Waals surface area contributed by atoms with Gasteiger partial charge in [-0.1, -0.05) is 44.2 Å². The Morgan fingerprint density at radius 3 is 2.33 bits per heavy atom. The lowest BCUT2D eigenvalue weighted by atomic mass is 9.93. The van der Waals surface area contributed by atoms with E-state index in [0.29, 0.717) is 50.6 Å². The molecule has 2 aromatic rings. The lowest BCUT2D eigenvalue weighted by Gasteiger charge is -2.32. The summed E-state index contributed by atoms with van der Waals surface area (Å²) >= 11 is 0. The van der Waals surface area contributed by atoms with Gasteiger partial charge in [0.15, 0.2) is 11.5 Å². The standard InChI is InChI=1S/C25H32N2O5S/c1-18(2)24(19-7-4-3-5-8-19)26-25(28)20-11-13-27(14-12-20)33(29,30)21-9-10-22-23(17-21)32-16-6-15-31-22/h3-5,7-10,17-18,20,24H,6,11-16H2,1-2H3,(H,26,28)/t24-/m1/s1. The minimum atomic E-state index is -3.67. The molecule has 0 unspecified atom stereocenters. The summed E-state index contributed by atoms with van der Waals surface area (Å²) < 4.78 is 39.2. The molecule has 2 aromatic carbocycles. The second-order valence-electron chi connectivity index (χ2n) is 8.98. The van der Waals surface area contributed by atoms with E-state index in [1.807, 2.05) is 30.3 Å². The second-order valence-corrected chi connectivity index (χ2v) is 10.9. The molecule has 4 rings (SSSR count). The van der Waals surface area contributed by atoms with Crippen molar-refractivity contribution in [3.63, 3.8) is 0 Å². The van der Waals surface area contributed by atoms with Gasteiger partial charge in [0.1, 0.15) is 0 Å². The summed E-state index contributed by atoms with van der Waals surface area (Å²) in [5.74, 6) is 1.06. The van der Waals surface area contributed by atoms with Crippen LogP contribution in [0.3, 0.4) is 0 Å². The van der Waals surface area contributed by atoms with Gasteiger partial charge in [0.2, 0.25) is 15.9 Å². The molecule has 2 aliphatic heterocycles. The summed E-state index contributed by atoms with van der Waals surface area (Å²) in [6.45, 7) is 5.85. The van der Waals surface area contributed by atoms with Crippen molar-refractivity contribution in [1.29, 1.82) is 0 Å². The molecule has 7 nitrogen and oxygen atoms in total. The van der Waals surface area contributed by atoms with Crippen molar-refractivity contribution < 1.29 is 22.7 Å². The molecule has 0 aromatic heterocycles. The van der Waals surface area contributed by atoms with Gasteiger partial charge in [-0.15, -0.1) is 0 Å². The molecule has 0 radical (unpaired) electrons. The average Bonchev–Trinajstić information content (AvgIpc) is 3.08. The van der Waals surface area contributed by atoms with Crippen molar-refractivity contribution in [2.75, 3.05) is 26.3 Å². The molecular formula is C25H32N2O5S. The maximum absolute atomic E-state index is 13.2. The van der Waals surface area contributed by atoms with Gasteiger partial charge in [-0.25, -0.2) is 8.42 Å². The molecule has 1 atom stereocenters. The van der Waals surface area contributed by atoms with Crippen LogP contribution in [-0.2, 0) is 14.8 Å². The molecule has 0 spiro atoms. The van der Waals surface area contributed by atoms with Crippen molar-refractivity contribution in [3.05, 3.63) is 54.1 Å². The van der Waals surface area contributed by atoms with Gasteiger partial charge in [-0.3, -0.25) is 4.79 Å². The van der Waals surface area contributed by atoms with E-state index in [0.717, 1.165) is 12.0 Å². The summed E-state index contributed by atoms with van der Waals surface area (Å²) in [7, 11) is -3.67. The molecule has 2 aliphatic rings. The smallest absolute Gasteiger partial charge is 0.243 e. The van der Waals surface area contributed by atoms with E-state index < -0.39 is 10.0 Å². The number of amides is 1. The van der Waals surface area contributed by atoms with Gasteiger partial charge >= 0.3 is 0 Å². The van der Waals surface area contributed by atoms with Gasteiger partial charge in [0.25, 0.3) is 0 Å². The van der Waals surface area contributed by atoms with E-state index in [2.05, 4.69) is 19.2 Å². The Balaban J connectivity index is 1.40. The number of fused-ring (bicyclic) bond motifs is 1. The number of hydrogen-bond donors (Lipinski definition) is 1. The van der Waals surface area contributed by atoms with Crippen molar-refractivity contribution in [3.8, 4) is 11.5 Å². The van der Waals surface area contributed by atoms with E-state index in [-0.39, 0.29) is 28.7 Å². The molecule has 2 heterocycles. The van der Waals surface area contributed by atoms with Gasteiger partial charge < -0.3 is 14.8 Å². The SMILES string of the molecule is CC(C)[C@@H](NC(=O)C1CCN(S(=O)(=O)c2ccc3c(c2)OCCCO3)CC1)c1ccccc1. The Bertz CT molecular complexity index is 1060. The lowest BCUT2D eigenvalue weighted by Crippen LogP contribution is -2.44. The summed E-state index contributed by atoms with van der Waals surface area (Å²) in [4.78, 5) is 13.2. The maximum atomic E-state index is 13.2. The van der Waals surface area contributed by atoms with Crippen LogP contribution in [0.25, 0.3) is 0 Å². The molecule has 33 heavy (non-hydrogen) atoms. The van der Waals surface area contributed by atoms with Crippen LogP contribution in [0.1, 0.15) is 44.7 Å². The highest BCUT2D eigenvalue weighted by Crippen LogP contribution is 2.34. The molecular weight excluding hydrogens is 440 g/mol. The monoisotopic (exact) mass is 472 g/mol. The van der Waals surface area contributed by atoms with Crippen LogP contribution in [-0.4, -0.2) is 44.9 Å².